The van der Waals surface area contributed by atoms with Crippen molar-refractivity contribution in [3.63, 3.8) is 0 Å². The molecule has 0 aromatic carbocycles. The number of thiophene rings is 1. The molecule has 2 rings (SSSR count). The summed E-state index contributed by atoms with van der Waals surface area (Å²) >= 11 is 7.00. The maximum atomic E-state index is 12.5. The Kier molecular flexibility index (Phi) is 6.77. The van der Waals surface area contributed by atoms with Crippen LogP contribution in [0.2, 0.25) is 4.34 Å². The Labute approximate surface area is 167 Å². The highest BCUT2D eigenvalue weighted by atomic mass is 35.5. The van der Waals surface area contributed by atoms with E-state index in [9.17, 15) is 18.0 Å². The standard InChI is InChI=1S/C16H23ClN2O6S2/c1-16(2,3)25-15(21)19-8-10(7-11(19)9-24-27(4,22)23)18-14(20)12-5-6-13(17)26-12/h5-6,10-11H,7-9H2,1-4H3,(H,18,20). The molecule has 1 saturated heterocycles. The molecule has 11 heteroatoms. The van der Waals surface area contributed by atoms with Crippen LogP contribution in [-0.2, 0) is 19.0 Å². The van der Waals surface area contributed by atoms with Gasteiger partial charge in [0.15, 0.2) is 0 Å². The van der Waals surface area contributed by atoms with E-state index in [-0.39, 0.29) is 25.1 Å². The van der Waals surface area contributed by atoms with Gasteiger partial charge < -0.3 is 15.0 Å². The molecule has 0 saturated carbocycles. The van der Waals surface area contributed by atoms with Crippen LogP contribution >= 0.6 is 22.9 Å². The first kappa shape index (κ1) is 21.9. The van der Waals surface area contributed by atoms with Gasteiger partial charge in [-0.05, 0) is 39.3 Å². The van der Waals surface area contributed by atoms with Gasteiger partial charge in [-0.25, -0.2) is 4.79 Å². The lowest BCUT2D eigenvalue weighted by Gasteiger charge is -2.28. The number of halogens is 1. The third kappa shape index (κ3) is 6.95. The number of hydrogen-bond donors (Lipinski definition) is 1. The largest absolute Gasteiger partial charge is 0.444 e. The Morgan fingerprint density at radius 1 is 1.37 bits per heavy atom. The van der Waals surface area contributed by atoms with Gasteiger partial charge in [0.25, 0.3) is 16.0 Å². The first-order valence-corrected chi connectivity index (χ1v) is 11.3. The smallest absolute Gasteiger partial charge is 0.410 e. The molecule has 8 nitrogen and oxygen atoms in total. The topological polar surface area (TPSA) is 102 Å². The zero-order valence-corrected chi connectivity index (χ0v) is 17.9. The summed E-state index contributed by atoms with van der Waals surface area (Å²) < 4.78 is 33.3. The summed E-state index contributed by atoms with van der Waals surface area (Å²) in [4.78, 5) is 26.6. The van der Waals surface area contributed by atoms with Crippen LogP contribution < -0.4 is 5.32 Å². The SMILES string of the molecule is CC(C)(C)OC(=O)N1CC(NC(=O)c2ccc(Cl)s2)CC1COS(C)(=O)=O. The normalized spacial score (nSPS) is 20.6. The van der Waals surface area contributed by atoms with Crippen LogP contribution in [0.15, 0.2) is 12.1 Å². The molecule has 2 atom stereocenters. The third-order valence-corrected chi connectivity index (χ3v) is 5.44. The van der Waals surface area contributed by atoms with Crippen LogP contribution in [0, 0.1) is 0 Å². The highest BCUT2D eigenvalue weighted by molar-refractivity contribution is 7.85. The van der Waals surface area contributed by atoms with Crippen molar-refractivity contribution in [3.8, 4) is 0 Å². The maximum absolute atomic E-state index is 12.5. The van der Waals surface area contributed by atoms with Gasteiger partial charge in [0.1, 0.15) is 5.60 Å². The van der Waals surface area contributed by atoms with E-state index >= 15 is 0 Å². The lowest BCUT2D eigenvalue weighted by molar-refractivity contribution is 0.0186. The van der Waals surface area contributed by atoms with Crippen LogP contribution in [0.1, 0.15) is 36.9 Å². The number of hydrogen-bond acceptors (Lipinski definition) is 7. The second kappa shape index (κ2) is 8.34. The molecule has 152 valence electrons. The third-order valence-electron chi connectivity index (χ3n) is 3.65. The van der Waals surface area contributed by atoms with Gasteiger partial charge in [-0.15, -0.1) is 11.3 Å². The predicted molar refractivity (Wildman–Crippen MR) is 103 cm³/mol. The highest BCUT2D eigenvalue weighted by Crippen LogP contribution is 2.24. The van der Waals surface area contributed by atoms with E-state index < -0.39 is 27.9 Å². The second-order valence-corrected chi connectivity index (χ2v) is 10.6. The Bertz CT molecular complexity index is 802. The average Bonchev–Trinajstić information content (AvgIpc) is 3.09. The van der Waals surface area contributed by atoms with Gasteiger partial charge in [-0.2, -0.15) is 8.42 Å². The zero-order chi connectivity index (χ0) is 20.4. The minimum Gasteiger partial charge on any atom is -0.444 e. The first-order valence-electron chi connectivity index (χ1n) is 8.24. The molecule has 2 unspecified atom stereocenters. The Balaban J connectivity index is 2.07. The lowest BCUT2D eigenvalue weighted by Crippen LogP contribution is -2.43. The lowest BCUT2D eigenvalue weighted by atomic mass is 10.2. The van der Waals surface area contributed by atoms with Gasteiger partial charge >= 0.3 is 6.09 Å². The van der Waals surface area contributed by atoms with Crippen molar-refractivity contribution in [2.75, 3.05) is 19.4 Å². The minimum absolute atomic E-state index is 0.192. The summed E-state index contributed by atoms with van der Waals surface area (Å²) in [5, 5.41) is 2.84. The van der Waals surface area contributed by atoms with Crippen LogP contribution in [0.25, 0.3) is 0 Å². The molecule has 27 heavy (non-hydrogen) atoms. The molecule has 0 aliphatic carbocycles. The quantitative estimate of drug-likeness (QED) is 0.708. The van der Waals surface area contributed by atoms with E-state index in [0.29, 0.717) is 15.6 Å². The number of likely N-dealkylation sites (tertiary alicyclic amines) is 1. The number of ether oxygens (including phenoxy) is 1. The van der Waals surface area contributed by atoms with Crippen molar-refractivity contribution < 1.29 is 26.9 Å². The van der Waals surface area contributed by atoms with Crippen LogP contribution in [0.3, 0.4) is 0 Å². The fraction of sp³-hybridized carbons (Fsp3) is 0.625. The monoisotopic (exact) mass is 438 g/mol. The van der Waals surface area contributed by atoms with Crippen molar-refractivity contribution in [1.29, 1.82) is 0 Å². The zero-order valence-electron chi connectivity index (χ0n) is 15.5. The molecule has 0 radical (unpaired) electrons. The van der Waals surface area contributed by atoms with Crippen molar-refractivity contribution in [2.45, 2.75) is 44.9 Å². The predicted octanol–water partition coefficient (Wildman–Crippen LogP) is 2.49. The second-order valence-electron chi connectivity index (χ2n) is 7.29. The molecule has 1 N–H and O–H groups in total. The van der Waals surface area contributed by atoms with E-state index in [4.69, 9.17) is 20.5 Å². The molecule has 0 bridgehead atoms. The van der Waals surface area contributed by atoms with Crippen LogP contribution in [-0.4, -0.2) is 62.4 Å². The summed E-state index contributed by atoms with van der Waals surface area (Å²) in [5.74, 6) is -0.300. The van der Waals surface area contributed by atoms with Crippen molar-refractivity contribution >= 4 is 45.1 Å². The number of amides is 2. The molecule has 2 amide bonds. The molecular formula is C16H23ClN2O6S2. The van der Waals surface area contributed by atoms with Gasteiger partial charge in [0.2, 0.25) is 0 Å². The van der Waals surface area contributed by atoms with Crippen LogP contribution in [0.5, 0.6) is 0 Å². The Morgan fingerprint density at radius 3 is 2.56 bits per heavy atom. The van der Waals surface area contributed by atoms with E-state index in [1.54, 1.807) is 32.9 Å². The maximum Gasteiger partial charge on any atom is 0.410 e. The number of nitrogens with zero attached hydrogens (tertiary/aromatic N) is 1. The Morgan fingerprint density at radius 2 is 2.04 bits per heavy atom. The molecule has 1 aromatic heterocycles. The van der Waals surface area contributed by atoms with Crippen molar-refractivity contribution in [1.82, 2.24) is 10.2 Å². The van der Waals surface area contributed by atoms with E-state index in [2.05, 4.69) is 5.32 Å². The minimum atomic E-state index is -3.66. The van der Waals surface area contributed by atoms with Crippen molar-refractivity contribution in [3.05, 3.63) is 21.3 Å². The fourth-order valence-corrected chi connectivity index (χ4v) is 3.97. The van der Waals surface area contributed by atoms with Gasteiger partial charge in [-0.3, -0.25) is 8.98 Å². The van der Waals surface area contributed by atoms with E-state index in [0.717, 1.165) is 17.6 Å². The van der Waals surface area contributed by atoms with E-state index in [1.165, 1.54) is 4.90 Å². The molecular weight excluding hydrogens is 416 g/mol. The van der Waals surface area contributed by atoms with Gasteiger partial charge in [-0.1, -0.05) is 11.6 Å². The number of carbonyl (C=O) groups is 2. The molecule has 1 aliphatic heterocycles. The number of rotatable bonds is 5. The molecule has 1 aliphatic rings. The molecule has 1 fully saturated rings. The van der Waals surface area contributed by atoms with Gasteiger partial charge in [0.05, 0.1) is 28.1 Å². The number of nitrogens with one attached hydrogen (secondary N) is 1. The summed E-state index contributed by atoms with van der Waals surface area (Å²) in [6.45, 7) is 5.21. The summed E-state index contributed by atoms with van der Waals surface area (Å²) in [5.41, 5.74) is -0.700. The van der Waals surface area contributed by atoms with E-state index in [1.807, 2.05) is 0 Å². The Hall–Kier alpha value is -1.36. The summed E-state index contributed by atoms with van der Waals surface area (Å²) in [6.07, 6.45) is 0.708. The van der Waals surface area contributed by atoms with Gasteiger partial charge in [0, 0.05) is 12.6 Å². The highest BCUT2D eigenvalue weighted by Gasteiger charge is 2.39. The molecule has 1 aromatic rings. The fourth-order valence-electron chi connectivity index (χ4n) is 2.62. The first-order chi connectivity index (χ1) is 12.3. The van der Waals surface area contributed by atoms with Crippen LogP contribution in [0.4, 0.5) is 4.79 Å². The number of carbonyl (C=O) groups excluding carboxylic acids is 2. The average molecular weight is 439 g/mol. The molecule has 0 spiro atoms. The summed E-state index contributed by atoms with van der Waals surface area (Å²) in [6, 6.07) is 2.35. The summed E-state index contributed by atoms with van der Waals surface area (Å²) in [7, 11) is -3.66. The molecule has 2 heterocycles. The van der Waals surface area contributed by atoms with Crippen molar-refractivity contribution in [2.24, 2.45) is 0 Å².